The third kappa shape index (κ3) is 10.4. The SMILES string of the molecule is C=C(CC)/C(C)=C/C.C=CC(=C)CNC(=C)/C(C=C)=N/c1nccn1CC(C)=S. The summed E-state index contributed by atoms with van der Waals surface area (Å²) >= 11 is 5.11. The third-order valence-corrected chi connectivity index (χ3v) is 4.17. The largest absolute Gasteiger partial charge is 0.380 e. The molecule has 0 aliphatic carbocycles. The molecule has 0 aliphatic heterocycles. The first-order valence-corrected chi connectivity index (χ1v) is 9.86. The number of hydrogen-bond acceptors (Lipinski definition) is 4. The van der Waals surface area contributed by atoms with Crippen molar-refractivity contribution in [2.75, 3.05) is 6.54 Å². The van der Waals surface area contributed by atoms with Crippen molar-refractivity contribution in [2.24, 2.45) is 4.99 Å². The lowest BCUT2D eigenvalue weighted by Gasteiger charge is -2.10. The summed E-state index contributed by atoms with van der Waals surface area (Å²) in [6.07, 6.45) is 10.0. The van der Waals surface area contributed by atoms with E-state index in [4.69, 9.17) is 12.2 Å². The molecule has 0 amide bonds. The highest BCUT2D eigenvalue weighted by Gasteiger charge is 2.06. The van der Waals surface area contributed by atoms with Crippen molar-refractivity contribution < 1.29 is 0 Å². The van der Waals surface area contributed by atoms with Crippen LogP contribution in [0.1, 0.15) is 34.1 Å². The monoisotopic (exact) mass is 410 g/mol. The summed E-state index contributed by atoms with van der Waals surface area (Å²) in [6, 6.07) is 0. The molecule has 0 spiro atoms. The van der Waals surface area contributed by atoms with Crippen LogP contribution < -0.4 is 5.32 Å². The molecule has 0 aliphatic rings. The molecule has 0 bridgehead atoms. The summed E-state index contributed by atoms with van der Waals surface area (Å²) < 4.78 is 1.88. The summed E-state index contributed by atoms with van der Waals surface area (Å²) in [4.78, 5) is 9.55. The van der Waals surface area contributed by atoms with Gasteiger partial charge in [0.15, 0.2) is 0 Å². The number of nitrogens with one attached hydrogen (secondary N) is 1. The summed E-state index contributed by atoms with van der Waals surface area (Å²) in [5.41, 5.74) is 4.71. The van der Waals surface area contributed by atoms with E-state index < -0.39 is 0 Å². The average molecular weight is 411 g/mol. The van der Waals surface area contributed by atoms with E-state index in [1.54, 1.807) is 18.3 Å². The van der Waals surface area contributed by atoms with E-state index in [0.29, 0.717) is 30.4 Å². The number of thiocarbonyl (C=S) groups is 1. The summed E-state index contributed by atoms with van der Waals surface area (Å²) in [6.45, 7) is 28.4. The molecular weight excluding hydrogens is 376 g/mol. The Morgan fingerprint density at radius 2 is 1.90 bits per heavy atom. The molecule has 0 atom stereocenters. The van der Waals surface area contributed by atoms with Crippen LogP contribution in [0.3, 0.4) is 0 Å². The molecule has 1 heterocycles. The fraction of sp³-hybridized carbons (Fsp3) is 0.292. The zero-order valence-electron chi connectivity index (χ0n) is 18.3. The summed E-state index contributed by atoms with van der Waals surface area (Å²) in [7, 11) is 0. The number of allylic oxidation sites excluding steroid dienone is 4. The van der Waals surface area contributed by atoms with Gasteiger partial charge in [0.25, 0.3) is 0 Å². The molecule has 4 nitrogen and oxygen atoms in total. The van der Waals surface area contributed by atoms with Crippen LogP contribution in [0.25, 0.3) is 0 Å². The Labute approximate surface area is 181 Å². The summed E-state index contributed by atoms with van der Waals surface area (Å²) in [5, 5.41) is 3.13. The van der Waals surface area contributed by atoms with Crippen molar-refractivity contribution in [3.63, 3.8) is 0 Å². The van der Waals surface area contributed by atoms with Crippen LogP contribution in [0.5, 0.6) is 0 Å². The van der Waals surface area contributed by atoms with Gasteiger partial charge in [0, 0.05) is 23.8 Å². The fourth-order valence-corrected chi connectivity index (χ4v) is 2.13. The first kappa shape index (κ1) is 26.2. The maximum absolute atomic E-state index is 5.11. The minimum atomic E-state index is 0.558. The lowest BCUT2D eigenvalue weighted by Crippen LogP contribution is -2.20. The Hall–Kier alpha value is -2.79. The van der Waals surface area contributed by atoms with Gasteiger partial charge in [-0.15, -0.1) is 0 Å². The van der Waals surface area contributed by atoms with Gasteiger partial charge in [-0.2, -0.15) is 0 Å². The zero-order valence-corrected chi connectivity index (χ0v) is 19.1. The van der Waals surface area contributed by atoms with Gasteiger partial charge in [-0.05, 0) is 38.8 Å². The number of aromatic nitrogens is 2. The van der Waals surface area contributed by atoms with E-state index in [9.17, 15) is 0 Å². The lowest BCUT2D eigenvalue weighted by molar-refractivity contribution is 0.855. The second-order valence-electron chi connectivity index (χ2n) is 6.38. The Kier molecular flexibility index (Phi) is 12.9. The minimum absolute atomic E-state index is 0.558. The molecule has 156 valence electrons. The van der Waals surface area contributed by atoms with Gasteiger partial charge in [0.05, 0.1) is 18.0 Å². The fourth-order valence-electron chi connectivity index (χ4n) is 1.99. The molecule has 1 rings (SSSR count). The molecular formula is C24H34N4S. The average Bonchev–Trinajstić information content (AvgIpc) is 3.14. The zero-order chi connectivity index (χ0) is 22.4. The Balaban J connectivity index is 0.000000828. The molecule has 1 aromatic rings. The molecule has 0 fully saturated rings. The second-order valence-corrected chi connectivity index (χ2v) is 7.08. The molecule has 1 N–H and O–H groups in total. The van der Waals surface area contributed by atoms with Crippen molar-refractivity contribution in [2.45, 2.75) is 40.7 Å². The molecule has 0 saturated heterocycles. The number of rotatable bonds is 11. The van der Waals surface area contributed by atoms with Crippen molar-refractivity contribution in [3.05, 3.63) is 85.9 Å². The van der Waals surface area contributed by atoms with Crippen molar-refractivity contribution in [1.82, 2.24) is 14.9 Å². The van der Waals surface area contributed by atoms with Crippen molar-refractivity contribution in [1.29, 1.82) is 0 Å². The highest BCUT2D eigenvalue weighted by molar-refractivity contribution is 7.80. The van der Waals surface area contributed by atoms with Gasteiger partial charge in [0.2, 0.25) is 5.95 Å². The van der Waals surface area contributed by atoms with Crippen LogP contribution in [0.15, 0.2) is 90.9 Å². The summed E-state index contributed by atoms with van der Waals surface area (Å²) in [5.74, 6) is 0.569. The third-order valence-electron chi connectivity index (χ3n) is 4.04. The van der Waals surface area contributed by atoms with Gasteiger partial charge < -0.3 is 9.88 Å². The van der Waals surface area contributed by atoms with E-state index in [2.05, 4.69) is 68.1 Å². The van der Waals surface area contributed by atoms with Gasteiger partial charge in [0.1, 0.15) is 0 Å². The molecule has 0 unspecified atom stereocenters. The second kappa shape index (κ2) is 14.2. The number of aliphatic imine (C=N–C) groups is 1. The van der Waals surface area contributed by atoms with Crippen molar-refractivity contribution >= 4 is 28.7 Å². The first-order chi connectivity index (χ1) is 13.7. The number of nitrogens with zero attached hydrogens (tertiary/aromatic N) is 3. The van der Waals surface area contributed by atoms with Gasteiger partial charge >= 0.3 is 0 Å². The van der Waals surface area contributed by atoms with Crippen LogP contribution in [0.4, 0.5) is 5.95 Å². The van der Waals surface area contributed by atoms with E-state index in [1.807, 2.05) is 24.6 Å². The number of hydrogen-bond donors (Lipinski definition) is 1. The van der Waals surface area contributed by atoms with Crippen LogP contribution >= 0.6 is 12.2 Å². The lowest BCUT2D eigenvalue weighted by atomic mass is 10.1. The predicted octanol–water partition coefficient (Wildman–Crippen LogP) is 6.30. The predicted molar refractivity (Wildman–Crippen MR) is 133 cm³/mol. The smallest absolute Gasteiger partial charge is 0.230 e. The van der Waals surface area contributed by atoms with Crippen LogP contribution in [-0.2, 0) is 6.54 Å². The highest BCUT2D eigenvalue weighted by atomic mass is 32.1. The topological polar surface area (TPSA) is 42.2 Å². The van der Waals surface area contributed by atoms with E-state index >= 15 is 0 Å². The maximum atomic E-state index is 5.11. The van der Waals surface area contributed by atoms with Crippen LogP contribution in [0.2, 0.25) is 0 Å². The minimum Gasteiger partial charge on any atom is -0.380 e. The molecule has 0 aromatic carbocycles. The van der Waals surface area contributed by atoms with E-state index in [1.165, 1.54) is 11.1 Å². The van der Waals surface area contributed by atoms with Gasteiger partial charge in [-0.3, -0.25) is 0 Å². The Morgan fingerprint density at radius 3 is 2.34 bits per heavy atom. The first-order valence-electron chi connectivity index (χ1n) is 9.46. The standard InChI is InChI=1S/C16H20N4S.C8H14/c1-6-12(3)10-18-14(5)15(7-2)19-16-17-8-9-20(16)11-13(4)21;1-5-7(3)8(4)6-2/h6-9,18H,1-3,5,10-11H2,4H3;6H,3,5H2,1-2,4H3/b19-15+;8-6+. The van der Waals surface area contributed by atoms with E-state index in [-0.39, 0.29) is 0 Å². The Bertz CT molecular complexity index is 822. The molecule has 0 radical (unpaired) electrons. The normalized spacial score (nSPS) is 11.0. The van der Waals surface area contributed by atoms with Crippen LogP contribution in [0, 0.1) is 0 Å². The van der Waals surface area contributed by atoms with Gasteiger partial charge in [-0.25, -0.2) is 9.98 Å². The molecule has 0 saturated carbocycles. The quantitative estimate of drug-likeness (QED) is 0.265. The highest BCUT2D eigenvalue weighted by Crippen LogP contribution is 2.12. The molecule has 5 heteroatoms. The van der Waals surface area contributed by atoms with Crippen LogP contribution in [-0.4, -0.2) is 26.7 Å². The van der Waals surface area contributed by atoms with Gasteiger partial charge in [-0.1, -0.05) is 75.3 Å². The molecule has 29 heavy (non-hydrogen) atoms. The number of imidazole rings is 1. The van der Waals surface area contributed by atoms with E-state index in [0.717, 1.165) is 16.9 Å². The Morgan fingerprint density at radius 1 is 1.24 bits per heavy atom. The van der Waals surface area contributed by atoms with Crippen molar-refractivity contribution in [3.8, 4) is 0 Å². The molecule has 1 aromatic heterocycles. The maximum Gasteiger partial charge on any atom is 0.230 e.